The number of halogens is 1. The van der Waals surface area contributed by atoms with E-state index in [1.807, 2.05) is 19.1 Å². The normalized spacial score (nSPS) is 10.1. The number of amides is 1. The first kappa shape index (κ1) is 12.6. The van der Waals surface area contributed by atoms with Crippen molar-refractivity contribution in [1.82, 2.24) is 10.2 Å². The van der Waals surface area contributed by atoms with Gasteiger partial charge in [-0.25, -0.2) is 0 Å². The average molecular weight is 310 g/mol. The highest BCUT2D eigenvalue weighted by Crippen LogP contribution is 2.17. The van der Waals surface area contributed by atoms with Crippen molar-refractivity contribution in [2.75, 3.05) is 11.9 Å². The largest absolute Gasteiger partial charge is 0.484 e. The molecule has 0 aliphatic carbocycles. The highest BCUT2D eigenvalue weighted by molar-refractivity contribution is 9.10. The topological polar surface area (TPSA) is 67.0 Å². The summed E-state index contributed by atoms with van der Waals surface area (Å²) in [5.41, 5.74) is 0.887. The molecular weight excluding hydrogens is 298 g/mol. The van der Waals surface area contributed by atoms with Crippen LogP contribution in [0.25, 0.3) is 0 Å². The van der Waals surface area contributed by atoms with Crippen LogP contribution in [0.3, 0.4) is 0 Å². The Morgan fingerprint density at radius 2 is 2.33 bits per heavy atom. The fourth-order valence-corrected chi connectivity index (χ4v) is 1.74. The highest BCUT2D eigenvalue weighted by atomic mass is 79.9. The number of aromatic amines is 1. The molecule has 1 aromatic heterocycles. The molecule has 2 rings (SSSR count). The lowest BCUT2D eigenvalue weighted by Crippen LogP contribution is -2.20. The Kier molecular flexibility index (Phi) is 3.99. The van der Waals surface area contributed by atoms with Gasteiger partial charge in [-0.15, -0.1) is 0 Å². The van der Waals surface area contributed by atoms with Gasteiger partial charge >= 0.3 is 0 Å². The van der Waals surface area contributed by atoms with Crippen molar-refractivity contribution >= 4 is 27.7 Å². The number of carbonyl (C=O) groups excluding carboxylic acids is 1. The quantitative estimate of drug-likeness (QED) is 0.912. The molecule has 0 saturated carbocycles. The number of ether oxygens (including phenoxy) is 1. The molecule has 2 N–H and O–H groups in total. The number of H-pyrrole nitrogens is 1. The minimum Gasteiger partial charge on any atom is -0.484 e. The van der Waals surface area contributed by atoms with Gasteiger partial charge in [-0.1, -0.05) is 22.0 Å². The number of nitrogens with one attached hydrogen (secondary N) is 2. The molecule has 0 radical (unpaired) electrons. The van der Waals surface area contributed by atoms with Crippen LogP contribution in [0.15, 0.2) is 34.8 Å². The van der Waals surface area contributed by atoms with Crippen molar-refractivity contribution < 1.29 is 9.53 Å². The van der Waals surface area contributed by atoms with E-state index in [0.717, 1.165) is 10.2 Å². The van der Waals surface area contributed by atoms with E-state index in [2.05, 4.69) is 31.4 Å². The number of anilines is 1. The van der Waals surface area contributed by atoms with E-state index >= 15 is 0 Å². The molecular formula is C12H12BrN3O2. The summed E-state index contributed by atoms with van der Waals surface area (Å²) in [6, 6.07) is 9.06. The Morgan fingerprint density at radius 3 is 3.00 bits per heavy atom. The van der Waals surface area contributed by atoms with E-state index in [9.17, 15) is 4.79 Å². The van der Waals surface area contributed by atoms with Crippen LogP contribution in [-0.4, -0.2) is 22.7 Å². The number of hydrogen-bond acceptors (Lipinski definition) is 3. The summed E-state index contributed by atoms with van der Waals surface area (Å²) >= 11 is 3.33. The van der Waals surface area contributed by atoms with Crippen molar-refractivity contribution in [3.63, 3.8) is 0 Å². The number of benzene rings is 1. The zero-order chi connectivity index (χ0) is 13.0. The summed E-state index contributed by atoms with van der Waals surface area (Å²) in [5, 5.41) is 9.28. The molecule has 2 aromatic rings. The Labute approximate surface area is 113 Å². The van der Waals surface area contributed by atoms with Crippen LogP contribution in [0.4, 0.5) is 5.82 Å². The predicted molar refractivity (Wildman–Crippen MR) is 71.6 cm³/mol. The third-order valence-electron chi connectivity index (χ3n) is 2.14. The molecule has 0 unspecified atom stereocenters. The molecule has 1 amide bonds. The van der Waals surface area contributed by atoms with E-state index in [-0.39, 0.29) is 12.5 Å². The molecule has 0 fully saturated rings. The third-order valence-corrected chi connectivity index (χ3v) is 2.63. The van der Waals surface area contributed by atoms with Gasteiger partial charge in [-0.3, -0.25) is 9.89 Å². The first-order valence-corrected chi connectivity index (χ1v) is 6.13. The molecule has 0 aliphatic heterocycles. The summed E-state index contributed by atoms with van der Waals surface area (Å²) in [7, 11) is 0. The maximum Gasteiger partial charge on any atom is 0.263 e. The van der Waals surface area contributed by atoms with Gasteiger partial charge in [0.2, 0.25) is 0 Å². The third kappa shape index (κ3) is 3.59. The number of nitrogens with zero attached hydrogens (tertiary/aromatic N) is 1. The second-order valence-electron chi connectivity index (χ2n) is 3.73. The number of aromatic nitrogens is 2. The number of aryl methyl sites for hydroxylation is 1. The van der Waals surface area contributed by atoms with Gasteiger partial charge in [-0.05, 0) is 25.1 Å². The SMILES string of the molecule is Cc1cc(NC(=O)COc2cccc(Br)c2)n[nH]1. The van der Waals surface area contributed by atoms with E-state index in [1.54, 1.807) is 18.2 Å². The summed E-state index contributed by atoms with van der Waals surface area (Å²) in [5.74, 6) is 0.884. The Morgan fingerprint density at radius 1 is 1.50 bits per heavy atom. The molecule has 94 valence electrons. The van der Waals surface area contributed by atoms with E-state index in [1.165, 1.54) is 0 Å². The Hall–Kier alpha value is -1.82. The van der Waals surface area contributed by atoms with Crippen LogP contribution in [0, 0.1) is 6.92 Å². The molecule has 0 bridgehead atoms. The van der Waals surface area contributed by atoms with Gasteiger partial charge in [0, 0.05) is 16.2 Å². The monoisotopic (exact) mass is 309 g/mol. The van der Waals surface area contributed by atoms with E-state index in [0.29, 0.717) is 11.6 Å². The summed E-state index contributed by atoms with van der Waals surface area (Å²) in [6.07, 6.45) is 0. The molecule has 0 aliphatic rings. The highest BCUT2D eigenvalue weighted by Gasteiger charge is 2.05. The molecule has 0 spiro atoms. The molecule has 5 nitrogen and oxygen atoms in total. The summed E-state index contributed by atoms with van der Waals surface area (Å²) in [4.78, 5) is 11.6. The standard InChI is InChI=1S/C12H12BrN3O2/c1-8-5-11(16-15-8)14-12(17)7-18-10-4-2-3-9(13)6-10/h2-6H,7H2,1H3,(H2,14,15,16,17). The second-order valence-corrected chi connectivity index (χ2v) is 4.65. The number of rotatable bonds is 4. The van der Waals surface area contributed by atoms with E-state index < -0.39 is 0 Å². The van der Waals surface area contributed by atoms with Gasteiger partial charge in [-0.2, -0.15) is 5.10 Å². The van der Waals surface area contributed by atoms with Gasteiger partial charge in [0.1, 0.15) is 5.75 Å². The van der Waals surface area contributed by atoms with Crippen LogP contribution in [0.1, 0.15) is 5.69 Å². The van der Waals surface area contributed by atoms with Gasteiger partial charge < -0.3 is 10.1 Å². The molecule has 0 saturated heterocycles. The second kappa shape index (κ2) is 5.68. The van der Waals surface area contributed by atoms with Crippen molar-refractivity contribution in [3.05, 3.63) is 40.5 Å². The fourth-order valence-electron chi connectivity index (χ4n) is 1.37. The smallest absolute Gasteiger partial charge is 0.263 e. The lowest BCUT2D eigenvalue weighted by atomic mass is 10.3. The fraction of sp³-hybridized carbons (Fsp3) is 0.167. The Bertz CT molecular complexity index is 554. The van der Waals surface area contributed by atoms with Crippen LogP contribution in [0.2, 0.25) is 0 Å². The first-order chi connectivity index (χ1) is 8.63. The minimum absolute atomic E-state index is 0.0532. The number of carbonyl (C=O) groups is 1. The zero-order valence-electron chi connectivity index (χ0n) is 9.74. The van der Waals surface area contributed by atoms with Crippen LogP contribution in [-0.2, 0) is 4.79 Å². The van der Waals surface area contributed by atoms with Gasteiger partial charge in [0.25, 0.3) is 5.91 Å². The molecule has 1 heterocycles. The first-order valence-electron chi connectivity index (χ1n) is 5.34. The minimum atomic E-state index is -0.249. The van der Waals surface area contributed by atoms with Crippen molar-refractivity contribution in [1.29, 1.82) is 0 Å². The molecule has 0 atom stereocenters. The van der Waals surface area contributed by atoms with Crippen LogP contribution in [0.5, 0.6) is 5.75 Å². The average Bonchev–Trinajstić information content (AvgIpc) is 2.72. The molecule has 18 heavy (non-hydrogen) atoms. The van der Waals surface area contributed by atoms with Crippen LogP contribution < -0.4 is 10.1 Å². The lowest BCUT2D eigenvalue weighted by Gasteiger charge is -2.05. The van der Waals surface area contributed by atoms with Crippen molar-refractivity contribution in [2.24, 2.45) is 0 Å². The molecule has 6 heteroatoms. The summed E-state index contributed by atoms with van der Waals surface area (Å²) < 4.78 is 6.25. The predicted octanol–water partition coefficient (Wildman–Crippen LogP) is 2.50. The molecule has 1 aromatic carbocycles. The summed E-state index contributed by atoms with van der Waals surface area (Å²) in [6.45, 7) is 1.81. The zero-order valence-corrected chi connectivity index (χ0v) is 11.3. The van der Waals surface area contributed by atoms with Crippen LogP contribution >= 0.6 is 15.9 Å². The number of hydrogen-bond donors (Lipinski definition) is 2. The lowest BCUT2D eigenvalue weighted by molar-refractivity contribution is -0.118. The van der Waals surface area contributed by atoms with Gasteiger partial charge in [0.05, 0.1) is 0 Å². The maximum absolute atomic E-state index is 11.6. The Balaban J connectivity index is 1.85. The maximum atomic E-state index is 11.6. The van der Waals surface area contributed by atoms with Crippen molar-refractivity contribution in [2.45, 2.75) is 6.92 Å². The van der Waals surface area contributed by atoms with Gasteiger partial charge in [0.15, 0.2) is 12.4 Å². The van der Waals surface area contributed by atoms with Crippen molar-refractivity contribution in [3.8, 4) is 5.75 Å². The van der Waals surface area contributed by atoms with E-state index in [4.69, 9.17) is 4.74 Å².